The van der Waals surface area contributed by atoms with Gasteiger partial charge in [0.05, 0.1) is 4.92 Å². The van der Waals surface area contributed by atoms with Crippen LogP contribution >= 0.6 is 11.6 Å². The van der Waals surface area contributed by atoms with E-state index in [9.17, 15) is 10.1 Å². The first kappa shape index (κ1) is 15.1. The monoisotopic (exact) mass is 296 g/mol. The molecule has 0 aromatic heterocycles. The lowest BCUT2D eigenvalue weighted by atomic mass is 9.82. The van der Waals surface area contributed by atoms with Gasteiger partial charge in [-0.2, -0.15) is 0 Å². The lowest BCUT2D eigenvalue weighted by Gasteiger charge is -2.27. The summed E-state index contributed by atoms with van der Waals surface area (Å²) in [7, 11) is 0. The summed E-state index contributed by atoms with van der Waals surface area (Å²) in [4.78, 5) is 10.4. The van der Waals surface area contributed by atoms with Crippen LogP contribution in [0.15, 0.2) is 12.1 Å². The van der Waals surface area contributed by atoms with Gasteiger partial charge >= 0.3 is 0 Å². The number of hydrogen-bond acceptors (Lipinski definition) is 3. The molecule has 1 fully saturated rings. The van der Waals surface area contributed by atoms with Gasteiger partial charge in [0, 0.05) is 18.3 Å². The number of anilines is 1. The van der Waals surface area contributed by atoms with Crippen molar-refractivity contribution in [3.63, 3.8) is 0 Å². The van der Waals surface area contributed by atoms with Crippen molar-refractivity contribution >= 4 is 23.0 Å². The molecule has 0 spiro atoms. The molecule has 1 aliphatic rings. The van der Waals surface area contributed by atoms with Crippen molar-refractivity contribution < 1.29 is 4.92 Å². The lowest BCUT2D eigenvalue weighted by molar-refractivity contribution is -0.384. The van der Waals surface area contributed by atoms with Gasteiger partial charge in [-0.25, -0.2) is 0 Å². The second kappa shape index (κ2) is 6.44. The maximum Gasteiger partial charge on any atom is 0.288 e. The summed E-state index contributed by atoms with van der Waals surface area (Å²) in [6.45, 7) is 5.09. The van der Waals surface area contributed by atoms with Crippen LogP contribution < -0.4 is 5.32 Å². The Bertz CT molecular complexity index is 505. The molecule has 1 aliphatic carbocycles. The quantitative estimate of drug-likeness (QED) is 0.641. The minimum absolute atomic E-state index is 0.0268. The molecule has 2 rings (SSSR count). The molecule has 1 N–H and O–H groups in total. The molecule has 0 radical (unpaired) electrons. The van der Waals surface area contributed by atoms with Crippen LogP contribution in [0.1, 0.15) is 38.2 Å². The number of nitrogens with zero attached hydrogens (tertiary/aromatic N) is 1. The second-order valence-corrected chi connectivity index (χ2v) is 6.30. The Balaban J connectivity index is 2.02. The van der Waals surface area contributed by atoms with Crippen LogP contribution in [0.5, 0.6) is 0 Å². The molecule has 0 bridgehead atoms. The van der Waals surface area contributed by atoms with E-state index in [2.05, 4.69) is 12.2 Å². The van der Waals surface area contributed by atoms with Crippen molar-refractivity contribution in [1.29, 1.82) is 0 Å². The van der Waals surface area contributed by atoms with Gasteiger partial charge in [-0.1, -0.05) is 31.4 Å². The second-order valence-electron chi connectivity index (χ2n) is 5.89. The van der Waals surface area contributed by atoms with Crippen molar-refractivity contribution in [2.45, 2.75) is 39.5 Å². The molecule has 4 nitrogen and oxygen atoms in total. The van der Waals surface area contributed by atoms with Gasteiger partial charge in [-0.3, -0.25) is 10.1 Å². The summed E-state index contributed by atoms with van der Waals surface area (Å²) >= 11 is 5.96. The Kier molecular flexibility index (Phi) is 4.86. The van der Waals surface area contributed by atoms with E-state index in [-0.39, 0.29) is 10.7 Å². The molecule has 2 unspecified atom stereocenters. The Hall–Kier alpha value is -1.29. The lowest BCUT2D eigenvalue weighted by Crippen LogP contribution is -2.21. The molecular weight excluding hydrogens is 276 g/mol. The number of nitro benzene ring substituents is 1. The van der Waals surface area contributed by atoms with Gasteiger partial charge in [-0.05, 0) is 43.2 Å². The van der Waals surface area contributed by atoms with Crippen LogP contribution in [-0.4, -0.2) is 11.5 Å². The van der Waals surface area contributed by atoms with Gasteiger partial charge in [0.25, 0.3) is 5.69 Å². The summed E-state index contributed by atoms with van der Waals surface area (Å²) in [5, 5.41) is 14.4. The molecule has 1 aromatic rings. The maximum absolute atomic E-state index is 10.8. The summed E-state index contributed by atoms with van der Waals surface area (Å²) < 4.78 is 0. The van der Waals surface area contributed by atoms with Gasteiger partial charge in [0.15, 0.2) is 0 Å². The van der Waals surface area contributed by atoms with Crippen LogP contribution in [0.4, 0.5) is 11.4 Å². The molecule has 0 heterocycles. The van der Waals surface area contributed by atoms with Gasteiger partial charge in [0.2, 0.25) is 0 Å². The molecule has 20 heavy (non-hydrogen) atoms. The molecule has 1 saturated carbocycles. The normalized spacial score (nSPS) is 22.6. The third-order valence-corrected chi connectivity index (χ3v) is 4.42. The Morgan fingerprint density at radius 1 is 1.45 bits per heavy atom. The standard InChI is InChI=1S/C15H21ClN2O2/c1-10-4-3-5-12(6-10)9-17-14-8-13(16)15(18(19)20)7-11(14)2/h7-8,10,12,17H,3-6,9H2,1-2H3. The van der Waals surface area contributed by atoms with E-state index in [4.69, 9.17) is 11.6 Å². The Morgan fingerprint density at radius 2 is 2.20 bits per heavy atom. The van der Waals surface area contributed by atoms with E-state index in [1.54, 1.807) is 6.07 Å². The molecule has 0 saturated heterocycles. The number of nitro groups is 1. The fraction of sp³-hybridized carbons (Fsp3) is 0.600. The Labute approximate surface area is 124 Å². The number of halogens is 1. The van der Waals surface area contributed by atoms with E-state index in [0.29, 0.717) is 5.92 Å². The third kappa shape index (κ3) is 3.63. The maximum atomic E-state index is 10.8. The zero-order valence-electron chi connectivity index (χ0n) is 12.0. The fourth-order valence-electron chi connectivity index (χ4n) is 3.00. The van der Waals surface area contributed by atoms with Gasteiger partial charge in [-0.15, -0.1) is 0 Å². The van der Waals surface area contributed by atoms with E-state index >= 15 is 0 Å². The molecule has 5 heteroatoms. The highest BCUT2D eigenvalue weighted by Crippen LogP contribution is 2.32. The number of aryl methyl sites for hydroxylation is 1. The zero-order valence-corrected chi connectivity index (χ0v) is 12.7. The highest BCUT2D eigenvalue weighted by Gasteiger charge is 2.19. The van der Waals surface area contributed by atoms with Crippen molar-refractivity contribution in [1.82, 2.24) is 0 Å². The molecule has 1 aromatic carbocycles. The van der Waals surface area contributed by atoms with E-state index in [1.165, 1.54) is 31.7 Å². The molecule has 2 atom stereocenters. The fourth-order valence-corrected chi connectivity index (χ4v) is 3.23. The van der Waals surface area contributed by atoms with Gasteiger partial charge in [0.1, 0.15) is 5.02 Å². The average molecular weight is 297 g/mol. The topological polar surface area (TPSA) is 55.2 Å². The van der Waals surface area contributed by atoms with Crippen molar-refractivity contribution in [3.05, 3.63) is 32.8 Å². The highest BCUT2D eigenvalue weighted by molar-refractivity contribution is 6.33. The summed E-state index contributed by atoms with van der Waals surface area (Å²) in [6.07, 6.45) is 5.15. The molecular formula is C15H21ClN2O2. The molecule has 110 valence electrons. The summed E-state index contributed by atoms with van der Waals surface area (Å²) in [5.41, 5.74) is 1.74. The highest BCUT2D eigenvalue weighted by atomic mass is 35.5. The average Bonchev–Trinajstić information content (AvgIpc) is 2.39. The summed E-state index contributed by atoms with van der Waals surface area (Å²) in [5.74, 6) is 1.49. The van der Waals surface area contributed by atoms with Crippen molar-refractivity contribution in [3.8, 4) is 0 Å². The first-order valence-electron chi connectivity index (χ1n) is 7.15. The van der Waals surface area contributed by atoms with Crippen LogP contribution in [0, 0.1) is 28.9 Å². The van der Waals surface area contributed by atoms with Crippen molar-refractivity contribution in [2.24, 2.45) is 11.8 Å². The SMILES string of the molecule is Cc1cc([N+](=O)[O-])c(Cl)cc1NCC1CCCC(C)C1. The number of nitrogens with one attached hydrogen (secondary N) is 1. The van der Waals surface area contributed by atoms with Crippen LogP contribution in [0.25, 0.3) is 0 Å². The minimum Gasteiger partial charge on any atom is -0.385 e. The number of rotatable bonds is 4. The van der Waals surface area contributed by atoms with E-state index in [0.717, 1.165) is 23.7 Å². The third-order valence-electron chi connectivity index (χ3n) is 4.12. The Morgan fingerprint density at radius 3 is 2.85 bits per heavy atom. The largest absolute Gasteiger partial charge is 0.385 e. The van der Waals surface area contributed by atoms with Crippen LogP contribution in [-0.2, 0) is 0 Å². The van der Waals surface area contributed by atoms with E-state index in [1.807, 2.05) is 6.92 Å². The minimum atomic E-state index is -0.443. The smallest absolute Gasteiger partial charge is 0.288 e. The predicted octanol–water partition coefficient (Wildman–Crippen LogP) is 4.79. The van der Waals surface area contributed by atoms with Crippen LogP contribution in [0.2, 0.25) is 5.02 Å². The first-order valence-corrected chi connectivity index (χ1v) is 7.53. The molecule has 0 aliphatic heterocycles. The number of hydrogen-bond donors (Lipinski definition) is 1. The van der Waals surface area contributed by atoms with E-state index < -0.39 is 4.92 Å². The predicted molar refractivity (Wildman–Crippen MR) is 82.5 cm³/mol. The molecule has 0 amide bonds. The zero-order chi connectivity index (χ0) is 14.7. The van der Waals surface area contributed by atoms with Gasteiger partial charge < -0.3 is 5.32 Å². The first-order chi connectivity index (χ1) is 9.47. The summed E-state index contributed by atoms with van der Waals surface area (Å²) in [6, 6.07) is 3.20. The number of benzene rings is 1. The van der Waals surface area contributed by atoms with Crippen LogP contribution in [0.3, 0.4) is 0 Å². The van der Waals surface area contributed by atoms with Crippen molar-refractivity contribution in [2.75, 3.05) is 11.9 Å².